The lowest BCUT2D eigenvalue weighted by atomic mass is 9.98. The molecule has 13 heteroatoms. The zero-order chi connectivity index (χ0) is 44.3. The van der Waals surface area contributed by atoms with E-state index in [2.05, 4.69) is 43.3 Å². The summed E-state index contributed by atoms with van der Waals surface area (Å²) in [7, 11) is 1.72. The lowest BCUT2D eigenvalue weighted by Crippen LogP contribution is -2.32. The Hall–Kier alpha value is -3.63. The highest BCUT2D eigenvalue weighted by Gasteiger charge is 2.29. The molecule has 0 aliphatic heterocycles. The Balaban J connectivity index is 0.794. The van der Waals surface area contributed by atoms with Crippen LogP contribution in [0, 0.1) is 0 Å². The van der Waals surface area contributed by atoms with Crippen molar-refractivity contribution >= 4 is 6.09 Å². The molecule has 0 saturated carbocycles. The monoisotopic (exact) mass is 882 g/mol. The number of nitrogens with zero attached hydrogens (tertiary/aromatic N) is 1. The van der Waals surface area contributed by atoms with Gasteiger partial charge >= 0.3 is 6.09 Å². The Morgan fingerprint density at radius 2 is 0.873 bits per heavy atom. The molecule has 0 radical (unpaired) electrons. The molecule has 63 heavy (non-hydrogen) atoms. The van der Waals surface area contributed by atoms with Crippen molar-refractivity contribution in [2.24, 2.45) is 0 Å². The molecule has 352 valence electrons. The Bertz CT molecular complexity index is 1530. The van der Waals surface area contributed by atoms with Crippen molar-refractivity contribution in [3.63, 3.8) is 0 Å². The number of amides is 1. The van der Waals surface area contributed by atoms with Crippen LogP contribution in [0.2, 0.25) is 0 Å². The van der Waals surface area contributed by atoms with E-state index in [9.17, 15) is 4.79 Å². The summed E-state index contributed by atoms with van der Waals surface area (Å²) in [6.45, 7) is 12.2. The van der Waals surface area contributed by atoms with Crippen LogP contribution in [-0.2, 0) is 53.8 Å². The van der Waals surface area contributed by atoms with Gasteiger partial charge in [0.25, 0.3) is 0 Å². The fourth-order valence-corrected chi connectivity index (χ4v) is 6.94. The third-order valence-corrected chi connectivity index (χ3v) is 10.4. The first-order chi connectivity index (χ1) is 31.2. The van der Waals surface area contributed by atoms with Gasteiger partial charge in [-0.05, 0) is 52.8 Å². The van der Waals surface area contributed by atoms with Crippen LogP contribution in [0.1, 0.15) is 68.1 Å². The maximum absolute atomic E-state index is 12.6. The van der Waals surface area contributed by atoms with E-state index < -0.39 is 0 Å². The van der Waals surface area contributed by atoms with Crippen LogP contribution in [0.4, 0.5) is 4.79 Å². The Labute approximate surface area is 376 Å². The van der Waals surface area contributed by atoms with Gasteiger partial charge in [0.15, 0.2) is 0 Å². The van der Waals surface area contributed by atoms with Gasteiger partial charge in [0.1, 0.15) is 19.0 Å². The van der Waals surface area contributed by atoms with Crippen molar-refractivity contribution in [1.29, 1.82) is 0 Å². The molecule has 13 nitrogen and oxygen atoms in total. The highest BCUT2D eigenvalue weighted by atomic mass is 16.6. The fraction of sp³-hybridized carbons (Fsp3) is 0.620. The summed E-state index contributed by atoms with van der Waals surface area (Å²) in [5.74, 6) is 0.919. The van der Waals surface area contributed by atoms with Crippen LogP contribution in [0.15, 0.2) is 72.8 Å². The second-order valence-corrected chi connectivity index (χ2v) is 15.2. The normalized spacial score (nSPS) is 12.1. The van der Waals surface area contributed by atoms with Gasteiger partial charge < -0.3 is 57.0 Å². The Morgan fingerprint density at radius 3 is 1.33 bits per heavy atom. The largest absolute Gasteiger partial charge is 0.491 e. The SMILES string of the molecule is CCCCCCCCc1ccc(OCCOCCOCCOCCOCCOCCOCCOCCOCCOCCN(C)C(=O)OCC2c3ccccc3-c3ccccc32)cc1. The van der Waals surface area contributed by atoms with Crippen LogP contribution in [0.5, 0.6) is 5.75 Å². The molecular formula is C50H75NO12. The van der Waals surface area contributed by atoms with E-state index in [0.717, 1.165) is 12.2 Å². The third-order valence-electron chi connectivity index (χ3n) is 10.4. The Morgan fingerprint density at radius 1 is 0.476 bits per heavy atom. The highest BCUT2D eigenvalue weighted by molar-refractivity contribution is 5.79. The lowest BCUT2D eigenvalue weighted by molar-refractivity contribution is -0.0255. The van der Waals surface area contributed by atoms with E-state index in [0.29, 0.717) is 139 Å². The molecule has 0 N–H and O–H groups in total. The smallest absolute Gasteiger partial charge is 0.409 e. The first kappa shape index (κ1) is 52.0. The molecule has 0 fully saturated rings. The lowest BCUT2D eigenvalue weighted by Gasteiger charge is -2.19. The van der Waals surface area contributed by atoms with Crippen LogP contribution in [0.25, 0.3) is 11.1 Å². The van der Waals surface area contributed by atoms with Gasteiger partial charge in [-0.25, -0.2) is 4.79 Å². The molecule has 1 amide bonds. The average Bonchev–Trinajstić information content (AvgIpc) is 3.63. The minimum absolute atomic E-state index is 0.0379. The van der Waals surface area contributed by atoms with E-state index in [4.69, 9.17) is 52.1 Å². The Kier molecular flexibility index (Phi) is 28.7. The summed E-state index contributed by atoms with van der Waals surface area (Å²) >= 11 is 0. The number of carbonyl (C=O) groups is 1. The number of aryl methyl sites for hydroxylation is 1. The first-order valence-electron chi connectivity index (χ1n) is 23.1. The molecule has 0 bridgehead atoms. The number of unbranched alkanes of at least 4 members (excludes halogenated alkanes) is 5. The summed E-state index contributed by atoms with van der Waals surface area (Å²) in [5.41, 5.74) is 6.17. The average molecular weight is 882 g/mol. The van der Waals surface area contributed by atoms with Crippen LogP contribution >= 0.6 is 0 Å². The molecule has 0 atom stereocenters. The number of ether oxygens (including phenoxy) is 11. The molecular weight excluding hydrogens is 807 g/mol. The predicted octanol–water partition coefficient (Wildman–Crippen LogP) is 8.00. The van der Waals surface area contributed by atoms with Gasteiger partial charge in [0.05, 0.1) is 119 Å². The summed E-state index contributed by atoms with van der Waals surface area (Å²) < 4.78 is 61.5. The molecule has 0 heterocycles. The maximum atomic E-state index is 12.6. The molecule has 0 unspecified atom stereocenters. The fourth-order valence-electron chi connectivity index (χ4n) is 6.94. The first-order valence-corrected chi connectivity index (χ1v) is 23.1. The quantitative estimate of drug-likeness (QED) is 0.0515. The number of hydrogen-bond acceptors (Lipinski definition) is 12. The minimum Gasteiger partial charge on any atom is -0.491 e. The van der Waals surface area contributed by atoms with Gasteiger partial charge in [0, 0.05) is 19.5 Å². The van der Waals surface area contributed by atoms with Gasteiger partial charge in [-0.15, -0.1) is 0 Å². The molecule has 4 rings (SSSR count). The van der Waals surface area contributed by atoms with Crippen molar-refractivity contribution in [2.75, 3.05) is 146 Å². The van der Waals surface area contributed by atoms with Crippen molar-refractivity contribution < 1.29 is 56.9 Å². The molecule has 0 saturated heterocycles. The highest BCUT2D eigenvalue weighted by Crippen LogP contribution is 2.44. The van der Waals surface area contributed by atoms with Crippen LogP contribution in [-0.4, -0.2) is 157 Å². The van der Waals surface area contributed by atoms with Gasteiger partial charge in [-0.3, -0.25) is 0 Å². The minimum atomic E-state index is -0.363. The molecule has 1 aliphatic rings. The summed E-state index contributed by atoms with van der Waals surface area (Å²) in [4.78, 5) is 14.2. The second kappa shape index (κ2) is 34.7. The van der Waals surface area contributed by atoms with E-state index in [1.165, 1.54) is 71.2 Å². The van der Waals surface area contributed by atoms with Gasteiger partial charge in [-0.1, -0.05) is 99.7 Å². The van der Waals surface area contributed by atoms with E-state index in [1.807, 2.05) is 36.4 Å². The maximum Gasteiger partial charge on any atom is 0.409 e. The van der Waals surface area contributed by atoms with Crippen molar-refractivity contribution in [3.05, 3.63) is 89.5 Å². The standard InChI is InChI=1S/C50H75NO12/c1-3-4-5-6-7-8-13-43-18-20-44(21-19-43)62-41-40-61-39-38-60-37-36-59-35-34-58-33-32-57-31-30-56-29-28-55-27-26-54-25-24-53-23-22-51(2)50(52)63-42-49-47-16-11-9-14-45(47)46-15-10-12-17-48(46)49/h9-12,14-21,49H,3-8,13,22-42H2,1-2H3. The van der Waals surface area contributed by atoms with E-state index in [1.54, 1.807) is 7.05 Å². The number of likely N-dealkylation sites (N-methyl/N-ethyl adjacent to an activating group) is 1. The third kappa shape index (κ3) is 22.7. The van der Waals surface area contributed by atoms with Gasteiger partial charge in [-0.2, -0.15) is 0 Å². The molecule has 3 aromatic carbocycles. The summed E-state index contributed by atoms with van der Waals surface area (Å²) in [5, 5.41) is 0. The van der Waals surface area contributed by atoms with Crippen molar-refractivity contribution in [1.82, 2.24) is 4.90 Å². The molecule has 1 aliphatic carbocycles. The summed E-state index contributed by atoms with van der Waals surface area (Å²) in [6, 6.07) is 25.0. The predicted molar refractivity (Wildman–Crippen MR) is 244 cm³/mol. The topological polar surface area (TPSA) is 122 Å². The van der Waals surface area contributed by atoms with Crippen molar-refractivity contribution in [3.8, 4) is 16.9 Å². The number of carbonyl (C=O) groups excluding carboxylic acids is 1. The van der Waals surface area contributed by atoms with Gasteiger partial charge in [0.2, 0.25) is 0 Å². The number of hydrogen-bond donors (Lipinski definition) is 0. The zero-order valence-electron chi connectivity index (χ0n) is 38.2. The van der Waals surface area contributed by atoms with Crippen LogP contribution in [0.3, 0.4) is 0 Å². The molecule has 3 aromatic rings. The van der Waals surface area contributed by atoms with E-state index >= 15 is 0 Å². The van der Waals surface area contributed by atoms with Crippen LogP contribution < -0.4 is 4.74 Å². The molecule has 0 aromatic heterocycles. The molecule has 0 spiro atoms. The second-order valence-electron chi connectivity index (χ2n) is 15.2. The van der Waals surface area contributed by atoms with Crippen molar-refractivity contribution in [2.45, 2.75) is 57.8 Å². The number of benzene rings is 3. The summed E-state index contributed by atoms with van der Waals surface area (Å²) in [6.07, 6.45) is 8.70. The number of fused-ring (bicyclic) bond motifs is 3. The zero-order valence-corrected chi connectivity index (χ0v) is 38.2. The van der Waals surface area contributed by atoms with E-state index in [-0.39, 0.29) is 12.0 Å². The number of rotatable bonds is 40.